The van der Waals surface area contributed by atoms with Crippen LogP contribution in [0.5, 0.6) is 0 Å². The van der Waals surface area contributed by atoms with E-state index in [1.54, 1.807) is 24.3 Å². The molecule has 1 saturated heterocycles. The Morgan fingerprint density at radius 3 is 2.58 bits per heavy atom. The highest BCUT2D eigenvalue weighted by atomic mass is 79.9. The van der Waals surface area contributed by atoms with Crippen LogP contribution in [0.3, 0.4) is 0 Å². The van der Waals surface area contributed by atoms with Crippen molar-refractivity contribution >= 4 is 60.1 Å². The summed E-state index contributed by atoms with van der Waals surface area (Å²) in [6, 6.07) is 21.4. The number of carbonyl (C=O) groups excluding carboxylic acids is 2. The minimum Gasteiger partial charge on any atom is -0.507 e. The summed E-state index contributed by atoms with van der Waals surface area (Å²) in [5.41, 5.74) is 3.18. The maximum absolute atomic E-state index is 13.3. The van der Waals surface area contributed by atoms with Gasteiger partial charge in [-0.3, -0.25) is 14.5 Å². The quantitative estimate of drug-likeness (QED) is 0.197. The number of aromatic nitrogens is 1. The fourth-order valence-electron chi connectivity index (χ4n) is 4.05. The Labute approximate surface area is 203 Å². The van der Waals surface area contributed by atoms with Crippen molar-refractivity contribution in [3.8, 4) is 0 Å². The second-order valence-electron chi connectivity index (χ2n) is 7.74. The molecule has 5 rings (SSSR count). The molecule has 7 heteroatoms. The molecule has 0 spiro atoms. The van der Waals surface area contributed by atoms with E-state index in [9.17, 15) is 14.7 Å². The summed E-state index contributed by atoms with van der Waals surface area (Å²) in [7, 11) is 0. The van der Waals surface area contributed by atoms with Crippen molar-refractivity contribution in [1.82, 2.24) is 4.98 Å². The number of benzene rings is 3. The lowest BCUT2D eigenvalue weighted by Gasteiger charge is -2.23. The van der Waals surface area contributed by atoms with Gasteiger partial charge in [0.1, 0.15) is 5.76 Å². The van der Waals surface area contributed by atoms with Crippen LogP contribution >= 0.6 is 27.3 Å². The van der Waals surface area contributed by atoms with Crippen molar-refractivity contribution in [3.63, 3.8) is 0 Å². The second-order valence-corrected chi connectivity index (χ2v) is 9.67. The van der Waals surface area contributed by atoms with Crippen molar-refractivity contribution in [2.75, 3.05) is 4.90 Å². The number of hydrogen-bond acceptors (Lipinski definition) is 5. The van der Waals surface area contributed by atoms with Crippen LogP contribution in [0.25, 0.3) is 16.0 Å². The number of ketones is 1. The molecule has 0 radical (unpaired) electrons. The third-order valence-corrected chi connectivity index (χ3v) is 7.22. The number of nitrogens with zero attached hydrogens (tertiary/aromatic N) is 2. The predicted molar refractivity (Wildman–Crippen MR) is 134 cm³/mol. The van der Waals surface area contributed by atoms with E-state index in [0.29, 0.717) is 16.3 Å². The number of anilines is 1. The molecule has 3 aromatic carbocycles. The molecule has 1 fully saturated rings. The fraction of sp³-hybridized carbons (Fsp3) is 0.115. The number of Topliss-reactive ketones (excluding diaryl/α,β-unsaturated/α-hetero) is 1. The lowest BCUT2D eigenvalue weighted by atomic mass is 9.95. The lowest BCUT2D eigenvalue weighted by molar-refractivity contribution is -0.132. The Morgan fingerprint density at radius 2 is 1.85 bits per heavy atom. The number of carbonyl (C=O) groups is 2. The van der Waals surface area contributed by atoms with E-state index >= 15 is 0 Å². The maximum atomic E-state index is 13.3. The SMILES string of the molecule is CCc1ccc2nc(N3C(=O)C(=O)/C(=C(/O)c4ccccc4)C3c3cccc(Br)c3)sc2c1. The van der Waals surface area contributed by atoms with Gasteiger partial charge >= 0.3 is 5.91 Å². The summed E-state index contributed by atoms with van der Waals surface area (Å²) in [5.74, 6) is -1.63. The maximum Gasteiger partial charge on any atom is 0.301 e. The molecule has 33 heavy (non-hydrogen) atoms. The van der Waals surface area contributed by atoms with E-state index < -0.39 is 17.7 Å². The van der Waals surface area contributed by atoms with Gasteiger partial charge in [-0.05, 0) is 41.8 Å². The van der Waals surface area contributed by atoms with Crippen LogP contribution < -0.4 is 4.90 Å². The van der Waals surface area contributed by atoms with Gasteiger partial charge in [0.05, 0.1) is 21.8 Å². The van der Waals surface area contributed by atoms with E-state index in [0.717, 1.165) is 21.1 Å². The first-order chi connectivity index (χ1) is 16.0. The smallest absolute Gasteiger partial charge is 0.301 e. The molecule has 1 aliphatic heterocycles. The largest absolute Gasteiger partial charge is 0.507 e. The van der Waals surface area contributed by atoms with Crippen molar-refractivity contribution in [1.29, 1.82) is 0 Å². The van der Waals surface area contributed by atoms with Crippen LogP contribution in [-0.2, 0) is 16.0 Å². The zero-order valence-electron chi connectivity index (χ0n) is 17.7. The van der Waals surface area contributed by atoms with Crippen LogP contribution in [0.4, 0.5) is 5.13 Å². The highest BCUT2D eigenvalue weighted by Crippen LogP contribution is 2.44. The molecule has 0 bridgehead atoms. The van der Waals surface area contributed by atoms with Crippen LogP contribution in [-0.4, -0.2) is 21.8 Å². The van der Waals surface area contributed by atoms with Crippen LogP contribution in [0, 0.1) is 0 Å². The summed E-state index contributed by atoms with van der Waals surface area (Å²) in [4.78, 5) is 32.6. The Bertz CT molecular complexity index is 1430. The van der Waals surface area contributed by atoms with Gasteiger partial charge in [-0.2, -0.15) is 0 Å². The van der Waals surface area contributed by atoms with Crippen molar-refractivity contribution in [2.45, 2.75) is 19.4 Å². The van der Waals surface area contributed by atoms with Gasteiger partial charge in [0.15, 0.2) is 5.13 Å². The molecule has 0 saturated carbocycles. The van der Waals surface area contributed by atoms with E-state index in [2.05, 4.69) is 33.9 Å². The number of aryl methyl sites for hydroxylation is 1. The van der Waals surface area contributed by atoms with E-state index in [4.69, 9.17) is 0 Å². The summed E-state index contributed by atoms with van der Waals surface area (Å²) >= 11 is 4.85. The first kappa shape index (κ1) is 21.6. The number of amides is 1. The molecule has 1 aromatic heterocycles. The molecular weight excluding hydrogens is 500 g/mol. The van der Waals surface area contributed by atoms with Crippen LogP contribution in [0.1, 0.15) is 29.7 Å². The van der Waals surface area contributed by atoms with Gasteiger partial charge in [0, 0.05) is 10.0 Å². The monoisotopic (exact) mass is 518 g/mol. The van der Waals surface area contributed by atoms with Gasteiger partial charge in [-0.1, -0.05) is 82.7 Å². The zero-order chi connectivity index (χ0) is 23.1. The van der Waals surface area contributed by atoms with E-state index in [-0.39, 0.29) is 11.3 Å². The standard InChI is InChI=1S/C26H19BrN2O3S/c1-2-15-11-12-19-20(13-15)33-26(28-19)29-22(17-9-6-10-18(27)14-17)21(24(31)25(29)32)23(30)16-7-4-3-5-8-16/h3-14,22,30H,2H2,1H3/b23-21+. The van der Waals surface area contributed by atoms with E-state index in [1.807, 2.05) is 42.5 Å². The van der Waals surface area contributed by atoms with Crippen molar-refractivity contribution in [3.05, 3.63) is 99.5 Å². The molecule has 1 aliphatic rings. The normalized spacial score (nSPS) is 17.8. The molecule has 4 aromatic rings. The van der Waals surface area contributed by atoms with Crippen molar-refractivity contribution in [2.24, 2.45) is 0 Å². The molecule has 1 N–H and O–H groups in total. The topological polar surface area (TPSA) is 70.5 Å². The van der Waals surface area contributed by atoms with Gasteiger partial charge in [-0.15, -0.1) is 0 Å². The number of thiazole rings is 1. The molecule has 2 heterocycles. The Hall–Kier alpha value is -3.29. The van der Waals surface area contributed by atoms with Crippen molar-refractivity contribution < 1.29 is 14.7 Å². The lowest BCUT2D eigenvalue weighted by Crippen LogP contribution is -2.29. The first-order valence-corrected chi connectivity index (χ1v) is 12.1. The van der Waals surface area contributed by atoms with Gasteiger partial charge in [0.25, 0.3) is 5.78 Å². The summed E-state index contributed by atoms with van der Waals surface area (Å²) in [6.45, 7) is 2.08. The Morgan fingerprint density at radius 1 is 1.06 bits per heavy atom. The number of halogens is 1. The molecule has 5 nitrogen and oxygen atoms in total. The molecule has 1 unspecified atom stereocenters. The zero-order valence-corrected chi connectivity index (χ0v) is 20.1. The van der Waals surface area contributed by atoms with Gasteiger partial charge in [-0.25, -0.2) is 4.98 Å². The third kappa shape index (κ3) is 3.77. The molecule has 164 valence electrons. The highest BCUT2D eigenvalue weighted by molar-refractivity contribution is 9.10. The predicted octanol–water partition coefficient (Wildman–Crippen LogP) is 6.25. The Balaban J connectivity index is 1.73. The number of aliphatic hydroxyl groups is 1. The molecular formula is C26H19BrN2O3S. The van der Waals surface area contributed by atoms with Crippen LogP contribution in [0.15, 0.2) is 82.8 Å². The minimum absolute atomic E-state index is 0.0535. The van der Waals surface area contributed by atoms with Crippen LogP contribution in [0.2, 0.25) is 0 Å². The number of rotatable bonds is 4. The second kappa shape index (κ2) is 8.57. The third-order valence-electron chi connectivity index (χ3n) is 5.71. The highest BCUT2D eigenvalue weighted by Gasteiger charge is 2.48. The first-order valence-electron chi connectivity index (χ1n) is 10.5. The van der Waals surface area contributed by atoms with Gasteiger partial charge < -0.3 is 5.11 Å². The number of aliphatic hydroxyl groups excluding tert-OH is 1. The van der Waals surface area contributed by atoms with Gasteiger partial charge in [0.2, 0.25) is 0 Å². The molecule has 1 amide bonds. The molecule has 0 aliphatic carbocycles. The minimum atomic E-state index is -0.797. The summed E-state index contributed by atoms with van der Waals surface area (Å²) in [5, 5.41) is 11.6. The summed E-state index contributed by atoms with van der Waals surface area (Å²) < 4.78 is 1.75. The number of hydrogen-bond donors (Lipinski definition) is 1. The molecule has 1 atom stereocenters. The average molecular weight is 519 g/mol. The Kier molecular flexibility index (Phi) is 5.60. The fourth-order valence-corrected chi connectivity index (χ4v) is 5.53. The average Bonchev–Trinajstić information content (AvgIpc) is 3.37. The number of fused-ring (bicyclic) bond motifs is 1. The summed E-state index contributed by atoms with van der Waals surface area (Å²) in [6.07, 6.45) is 0.892. The van der Waals surface area contributed by atoms with E-state index in [1.165, 1.54) is 21.8 Å².